The summed E-state index contributed by atoms with van der Waals surface area (Å²) in [4.78, 5) is 1.06. The van der Waals surface area contributed by atoms with Crippen molar-refractivity contribution in [3.05, 3.63) is 55.1 Å². The zero-order valence-corrected chi connectivity index (χ0v) is 12.4. The van der Waals surface area contributed by atoms with Crippen LogP contribution in [-0.4, -0.2) is 0 Å². The van der Waals surface area contributed by atoms with Crippen molar-refractivity contribution in [3.63, 3.8) is 0 Å². The van der Waals surface area contributed by atoms with Crippen LogP contribution in [0.4, 0.5) is 0 Å². The molecule has 0 N–H and O–H groups in total. The van der Waals surface area contributed by atoms with Gasteiger partial charge in [-0.1, -0.05) is 41.4 Å². The van der Waals surface area contributed by atoms with Crippen LogP contribution in [0, 0.1) is 6.92 Å². The minimum absolute atomic E-state index is 0.131. The molecular weight excluding hydrogens is 327 g/mol. The molecule has 1 aromatic carbocycles. The largest absolute Gasteiger partial charge is 0.130 e. The van der Waals surface area contributed by atoms with E-state index in [-0.39, 0.29) is 5.38 Å². The van der Waals surface area contributed by atoms with E-state index >= 15 is 0 Å². The monoisotopic (exact) mass is 334 g/mol. The van der Waals surface area contributed by atoms with Gasteiger partial charge < -0.3 is 0 Å². The van der Waals surface area contributed by atoms with Crippen LogP contribution in [0.25, 0.3) is 0 Å². The Bertz CT molecular complexity index is 488. The second kappa shape index (κ2) is 5.09. The van der Waals surface area contributed by atoms with E-state index in [1.807, 2.05) is 18.2 Å². The zero-order chi connectivity index (χ0) is 11.7. The van der Waals surface area contributed by atoms with Gasteiger partial charge in [0.1, 0.15) is 0 Å². The number of hydrogen-bond acceptors (Lipinski definition) is 1. The predicted molar refractivity (Wildman–Crippen MR) is 75.9 cm³/mol. The quantitative estimate of drug-likeness (QED) is 0.608. The number of thiophene rings is 1. The van der Waals surface area contributed by atoms with Crippen molar-refractivity contribution < 1.29 is 0 Å². The highest BCUT2D eigenvalue weighted by Crippen LogP contribution is 2.40. The fourth-order valence-corrected chi connectivity index (χ4v) is 3.57. The SMILES string of the molecule is Cc1cccc(C(Cl)c2cc(Cl)c(Br)s2)c1. The van der Waals surface area contributed by atoms with Crippen LogP contribution >= 0.6 is 50.5 Å². The van der Waals surface area contributed by atoms with Gasteiger partial charge in [0.15, 0.2) is 0 Å². The third-order valence-corrected chi connectivity index (χ3v) is 5.40. The Morgan fingerprint density at radius 3 is 2.62 bits per heavy atom. The average Bonchev–Trinajstić information content (AvgIpc) is 2.58. The smallest absolute Gasteiger partial charge is 0.0928 e. The maximum atomic E-state index is 6.42. The summed E-state index contributed by atoms with van der Waals surface area (Å²) in [7, 11) is 0. The van der Waals surface area contributed by atoms with Gasteiger partial charge in [-0.05, 0) is 34.5 Å². The molecule has 4 heteroatoms. The number of alkyl halides is 1. The molecule has 0 nitrogen and oxygen atoms in total. The van der Waals surface area contributed by atoms with Crippen LogP contribution in [-0.2, 0) is 0 Å². The van der Waals surface area contributed by atoms with Crippen LogP contribution in [0.3, 0.4) is 0 Å². The van der Waals surface area contributed by atoms with Crippen molar-refractivity contribution in [2.24, 2.45) is 0 Å². The Morgan fingerprint density at radius 2 is 2.06 bits per heavy atom. The summed E-state index contributed by atoms with van der Waals surface area (Å²) in [5.74, 6) is 0. The molecule has 0 radical (unpaired) electrons. The van der Waals surface area contributed by atoms with Crippen LogP contribution in [0.2, 0.25) is 5.02 Å². The standard InChI is InChI=1S/C12H9BrCl2S/c1-7-3-2-4-8(5-7)11(15)10-6-9(14)12(13)16-10/h2-6,11H,1H3. The number of rotatable bonds is 2. The summed E-state index contributed by atoms with van der Waals surface area (Å²) >= 11 is 17.4. The molecule has 0 aliphatic heterocycles. The van der Waals surface area contributed by atoms with Gasteiger partial charge in [-0.2, -0.15) is 0 Å². The fourth-order valence-electron chi connectivity index (χ4n) is 1.48. The maximum Gasteiger partial charge on any atom is 0.0928 e. The molecule has 1 atom stereocenters. The molecule has 1 unspecified atom stereocenters. The predicted octanol–water partition coefficient (Wildman–Crippen LogP) is 5.80. The van der Waals surface area contributed by atoms with Gasteiger partial charge in [-0.3, -0.25) is 0 Å². The fraction of sp³-hybridized carbons (Fsp3) is 0.167. The van der Waals surface area contributed by atoms with E-state index in [9.17, 15) is 0 Å². The first-order chi connectivity index (χ1) is 7.58. The summed E-state index contributed by atoms with van der Waals surface area (Å²) in [6.07, 6.45) is 0. The van der Waals surface area contributed by atoms with Gasteiger partial charge in [0.25, 0.3) is 0 Å². The lowest BCUT2D eigenvalue weighted by Gasteiger charge is -2.07. The number of benzene rings is 1. The minimum atomic E-state index is -0.131. The van der Waals surface area contributed by atoms with E-state index in [0.717, 1.165) is 19.2 Å². The van der Waals surface area contributed by atoms with Crippen LogP contribution in [0.15, 0.2) is 34.1 Å². The molecule has 0 aliphatic carbocycles. The molecule has 1 aromatic heterocycles. The Morgan fingerprint density at radius 1 is 1.31 bits per heavy atom. The Labute approximate surface area is 117 Å². The first kappa shape index (κ1) is 12.4. The normalized spacial score (nSPS) is 12.8. The summed E-state index contributed by atoms with van der Waals surface area (Å²) in [6.45, 7) is 2.06. The van der Waals surface area contributed by atoms with Crippen molar-refractivity contribution >= 4 is 50.5 Å². The van der Waals surface area contributed by atoms with Crippen molar-refractivity contribution in [1.82, 2.24) is 0 Å². The van der Waals surface area contributed by atoms with E-state index in [1.54, 1.807) is 11.3 Å². The number of halogens is 3. The van der Waals surface area contributed by atoms with E-state index < -0.39 is 0 Å². The summed E-state index contributed by atoms with van der Waals surface area (Å²) < 4.78 is 0.933. The molecule has 16 heavy (non-hydrogen) atoms. The van der Waals surface area contributed by atoms with Crippen molar-refractivity contribution in [1.29, 1.82) is 0 Å². The van der Waals surface area contributed by atoms with E-state index in [4.69, 9.17) is 23.2 Å². The van der Waals surface area contributed by atoms with Crippen molar-refractivity contribution in [2.75, 3.05) is 0 Å². The van der Waals surface area contributed by atoms with Crippen LogP contribution < -0.4 is 0 Å². The summed E-state index contributed by atoms with van der Waals surface area (Å²) in [5.41, 5.74) is 2.32. The van der Waals surface area contributed by atoms with E-state index in [1.165, 1.54) is 5.56 Å². The highest BCUT2D eigenvalue weighted by molar-refractivity contribution is 9.11. The molecule has 1 heterocycles. The average molecular weight is 336 g/mol. The molecule has 0 aliphatic rings. The van der Waals surface area contributed by atoms with Gasteiger partial charge in [0.05, 0.1) is 14.2 Å². The van der Waals surface area contributed by atoms with Crippen LogP contribution in [0.5, 0.6) is 0 Å². The molecule has 2 aromatic rings. The lowest BCUT2D eigenvalue weighted by Crippen LogP contribution is -1.90. The Balaban J connectivity index is 2.35. The van der Waals surface area contributed by atoms with Gasteiger partial charge in [-0.15, -0.1) is 22.9 Å². The third kappa shape index (κ3) is 2.62. The lowest BCUT2D eigenvalue weighted by atomic mass is 10.1. The van der Waals surface area contributed by atoms with Gasteiger partial charge >= 0.3 is 0 Å². The van der Waals surface area contributed by atoms with Gasteiger partial charge in [0.2, 0.25) is 0 Å². The minimum Gasteiger partial charge on any atom is -0.130 e. The van der Waals surface area contributed by atoms with Gasteiger partial charge in [-0.25, -0.2) is 0 Å². The highest BCUT2D eigenvalue weighted by Gasteiger charge is 2.15. The molecule has 0 saturated heterocycles. The second-order valence-corrected chi connectivity index (χ2v) is 6.79. The topological polar surface area (TPSA) is 0 Å². The molecule has 0 amide bonds. The molecule has 0 bridgehead atoms. The van der Waals surface area contributed by atoms with Gasteiger partial charge in [0, 0.05) is 4.88 Å². The van der Waals surface area contributed by atoms with Crippen molar-refractivity contribution in [2.45, 2.75) is 12.3 Å². The maximum absolute atomic E-state index is 6.42. The Kier molecular flexibility index (Phi) is 3.96. The molecule has 0 spiro atoms. The number of aryl methyl sites for hydroxylation is 1. The highest BCUT2D eigenvalue weighted by atomic mass is 79.9. The summed E-state index contributed by atoms with van der Waals surface area (Å²) in [5, 5.41) is 0.590. The second-order valence-electron chi connectivity index (χ2n) is 3.55. The Hall–Kier alpha value is -0.0200. The van der Waals surface area contributed by atoms with E-state index in [2.05, 4.69) is 35.0 Å². The number of hydrogen-bond donors (Lipinski definition) is 0. The summed E-state index contributed by atoms with van der Waals surface area (Å²) in [6, 6.07) is 10.1. The molecular formula is C12H9BrCl2S. The molecule has 0 saturated carbocycles. The molecule has 0 fully saturated rings. The zero-order valence-electron chi connectivity index (χ0n) is 8.51. The van der Waals surface area contributed by atoms with Crippen molar-refractivity contribution in [3.8, 4) is 0 Å². The first-order valence-corrected chi connectivity index (χ1v) is 7.15. The van der Waals surface area contributed by atoms with Crippen LogP contribution in [0.1, 0.15) is 21.4 Å². The third-order valence-electron chi connectivity index (χ3n) is 2.25. The first-order valence-electron chi connectivity index (χ1n) is 4.73. The molecule has 2 rings (SSSR count). The molecule has 84 valence electrons. The van der Waals surface area contributed by atoms with E-state index in [0.29, 0.717) is 0 Å². The lowest BCUT2D eigenvalue weighted by molar-refractivity contribution is 1.17.